The van der Waals surface area contributed by atoms with E-state index in [1.807, 2.05) is 0 Å². The first-order valence-corrected chi connectivity index (χ1v) is 12.3. The minimum absolute atomic E-state index is 0.186. The van der Waals surface area contributed by atoms with Crippen molar-refractivity contribution in [3.05, 3.63) is 71.3 Å². The second-order valence-corrected chi connectivity index (χ2v) is 9.31. The average Bonchev–Trinajstić information content (AvgIpc) is 2.90. The Morgan fingerprint density at radius 2 is 1.65 bits per heavy atom. The van der Waals surface area contributed by atoms with Gasteiger partial charge in [0.1, 0.15) is 12.4 Å². The molecule has 0 spiro atoms. The molecule has 37 heavy (non-hydrogen) atoms. The number of nitrogens with zero attached hydrogens (tertiary/aromatic N) is 3. The standard InChI is InChI=1S/C28H32N4O5/c1-18-27(35)26(28(36)29-16-25(33)34)31-24(30-18)15-19-11-13-32(14-12-19)23-9-7-22(8-10-23)21-5-3-20(4-6-21)17-37-2/h3-10,19,35H,11-17H2,1-2H3,(H,29,36)(H,33,34). The lowest BCUT2D eigenvalue weighted by Crippen LogP contribution is -2.34. The van der Waals surface area contributed by atoms with Gasteiger partial charge in [0.2, 0.25) is 0 Å². The summed E-state index contributed by atoms with van der Waals surface area (Å²) in [6, 6.07) is 17.0. The number of amides is 1. The van der Waals surface area contributed by atoms with Crippen LogP contribution in [0.1, 0.15) is 40.4 Å². The first kappa shape index (κ1) is 26.1. The van der Waals surface area contributed by atoms with Gasteiger partial charge in [-0.1, -0.05) is 36.4 Å². The van der Waals surface area contributed by atoms with E-state index in [4.69, 9.17) is 9.84 Å². The average molecular weight is 505 g/mol. The van der Waals surface area contributed by atoms with Crippen LogP contribution in [0.2, 0.25) is 0 Å². The first-order valence-electron chi connectivity index (χ1n) is 12.3. The molecule has 2 aromatic carbocycles. The van der Waals surface area contributed by atoms with Crippen molar-refractivity contribution in [1.29, 1.82) is 0 Å². The van der Waals surface area contributed by atoms with Crippen LogP contribution in [-0.4, -0.2) is 58.8 Å². The largest absolute Gasteiger partial charge is 0.504 e. The molecule has 9 nitrogen and oxygen atoms in total. The third kappa shape index (κ3) is 6.62. The van der Waals surface area contributed by atoms with Crippen LogP contribution in [0.25, 0.3) is 11.1 Å². The molecule has 1 aromatic heterocycles. The van der Waals surface area contributed by atoms with Crippen molar-refractivity contribution in [1.82, 2.24) is 15.3 Å². The molecule has 1 aliphatic rings. The van der Waals surface area contributed by atoms with Crippen LogP contribution in [0.3, 0.4) is 0 Å². The van der Waals surface area contributed by atoms with Crippen molar-refractivity contribution in [3.8, 4) is 16.9 Å². The number of ether oxygens (including phenoxy) is 1. The summed E-state index contributed by atoms with van der Waals surface area (Å²) in [4.78, 5) is 34.0. The molecule has 3 N–H and O–H groups in total. The molecule has 9 heteroatoms. The van der Waals surface area contributed by atoms with E-state index < -0.39 is 18.4 Å². The number of nitrogens with one attached hydrogen (secondary N) is 1. The number of piperidine rings is 1. The number of methoxy groups -OCH3 is 1. The SMILES string of the molecule is COCc1ccc(-c2ccc(N3CCC(Cc4nc(C)c(O)c(C(=O)NCC(=O)O)n4)CC3)cc2)cc1. The number of aliphatic carboxylic acids is 1. The number of aromatic nitrogens is 2. The number of carbonyl (C=O) groups excluding carboxylic acids is 1. The van der Waals surface area contributed by atoms with Crippen molar-refractivity contribution >= 4 is 17.6 Å². The van der Waals surface area contributed by atoms with E-state index in [-0.39, 0.29) is 11.4 Å². The lowest BCUT2D eigenvalue weighted by atomic mass is 9.92. The minimum Gasteiger partial charge on any atom is -0.504 e. The molecule has 1 saturated heterocycles. The van der Waals surface area contributed by atoms with Crippen LogP contribution in [0.5, 0.6) is 5.75 Å². The summed E-state index contributed by atoms with van der Waals surface area (Å²) in [6.07, 6.45) is 2.49. The Morgan fingerprint density at radius 3 is 2.24 bits per heavy atom. The molecule has 0 radical (unpaired) electrons. The van der Waals surface area contributed by atoms with Crippen molar-refractivity contribution in [2.45, 2.75) is 32.8 Å². The molecule has 1 fully saturated rings. The van der Waals surface area contributed by atoms with E-state index in [2.05, 4.69) is 68.7 Å². The number of carboxylic acid groups (broad SMARTS) is 1. The van der Waals surface area contributed by atoms with Gasteiger partial charge in [0, 0.05) is 32.3 Å². The Kier molecular flexibility index (Phi) is 8.35. The third-order valence-electron chi connectivity index (χ3n) is 6.64. The fourth-order valence-electron chi connectivity index (χ4n) is 4.59. The highest BCUT2D eigenvalue weighted by atomic mass is 16.5. The molecular formula is C28H32N4O5. The van der Waals surface area contributed by atoms with Crippen molar-refractivity contribution in [2.24, 2.45) is 5.92 Å². The molecule has 3 aromatic rings. The highest BCUT2D eigenvalue weighted by Crippen LogP contribution is 2.29. The van der Waals surface area contributed by atoms with Gasteiger partial charge in [-0.05, 0) is 54.5 Å². The lowest BCUT2D eigenvalue weighted by Gasteiger charge is -2.33. The Morgan fingerprint density at radius 1 is 1.03 bits per heavy atom. The molecule has 1 aliphatic heterocycles. The number of aromatic hydroxyl groups is 1. The van der Waals surface area contributed by atoms with Crippen LogP contribution in [0.4, 0.5) is 5.69 Å². The summed E-state index contributed by atoms with van der Waals surface area (Å²) in [5.74, 6) is -1.39. The number of hydrogen-bond acceptors (Lipinski definition) is 7. The van der Waals surface area contributed by atoms with E-state index in [1.54, 1.807) is 14.0 Å². The lowest BCUT2D eigenvalue weighted by molar-refractivity contribution is -0.135. The fraction of sp³-hybridized carbons (Fsp3) is 0.357. The molecule has 0 saturated carbocycles. The summed E-state index contributed by atoms with van der Waals surface area (Å²) < 4.78 is 5.18. The number of hydrogen-bond donors (Lipinski definition) is 3. The van der Waals surface area contributed by atoms with Gasteiger partial charge in [-0.2, -0.15) is 0 Å². The summed E-state index contributed by atoms with van der Waals surface area (Å²) in [6.45, 7) is 3.47. The van der Waals surface area contributed by atoms with Gasteiger partial charge in [0.25, 0.3) is 5.91 Å². The maximum atomic E-state index is 12.3. The summed E-state index contributed by atoms with van der Waals surface area (Å²) in [7, 11) is 1.70. The zero-order chi connectivity index (χ0) is 26.4. The maximum absolute atomic E-state index is 12.3. The van der Waals surface area contributed by atoms with Crippen molar-refractivity contribution in [2.75, 3.05) is 31.6 Å². The van der Waals surface area contributed by atoms with Gasteiger partial charge in [-0.25, -0.2) is 9.97 Å². The van der Waals surface area contributed by atoms with Crippen molar-refractivity contribution < 1.29 is 24.5 Å². The Balaban J connectivity index is 1.35. The van der Waals surface area contributed by atoms with Gasteiger partial charge in [0.05, 0.1) is 12.3 Å². The van der Waals surface area contributed by atoms with Gasteiger partial charge in [0.15, 0.2) is 11.4 Å². The number of rotatable bonds is 9. The number of aryl methyl sites for hydroxylation is 1. The van der Waals surface area contributed by atoms with Gasteiger partial charge in [-0.15, -0.1) is 0 Å². The highest BCUT2D eigenvalue weighted by Gasteiger charge is 2.23. The molecule has 1 amide bonds. The van der Waals surface area contributed by atoms with Crippen molar-refractivity contribution in [3.63, 3.8) is 0 Å². The molecule has 0 unspecified atom stereocenters. The third-order valence-corrected chi connectivity index (χ3v) is 6.64. The normalized spacial score (nSPS) is 13.9. The molecule has 2 heterocycles. The Hall–Kier alpha value is -3.98. The maximum Gasteiger partial charge on any atom is 0.322 e. The molecule has 0 bridgehead atoms. The smallest absolute Gasteiger partial charge is 0.322 e. The van der Waals surface area contributed by atoms with Crippen LogP contribution >= 0.6 is 0 Å². The summed E-state index contributed by atoms with van der Waals surface area (Å²) in [5.41, 5.74) is 4.80. The first-order chi connectivity index (χ1) is 17.8. The van der Waals surface area contributed by atoms with Crippen LogP contribution < -0.4 is 10.2 Å². The Labute approximate surface area is 216 Å². The zero-order valence-corrected chi connectivity index (χ0v) is 21.1. The van der Waals surface area contributed by atoms with Gasteiger partial charge >= 0.3 is 5.97 Å². The fourth-order valence-corrected chi connectivity index (χ4v) is 4.59. The van der Waals surface area contributed by atoms with E-state index in [9.17, 15) is 14.7 Å². The number of benzene rings is 2. The van der Waals surface area contributed by atoms with Crippen LogP contribution in [-0.2, 0) is 22.6 Å². The highest BCUT2D eigenvalue weighted by molar-refractivity contribution is 5.96. The zero-order valence-electron chi connectivity index (χ0n) is 21.1. The van der Waals surface area contributed by atoms with E-state index in [0.29, 0.717) is 30.5 Å². The van der Waals surface area contributed by atoms with E-state index in [1.165, 1.54) is 16.8 Å². The van der Waals surface area contributed by atoms with Gasteiger partial charge in [-0.3, -0.25) is 9.59 Å². The second-order valence-electron chi connectivity index (χ2n) is 9.31. The Bertz CT molecular complexity index is 1240. The second kappa shape index (κ2) is 11.8. The monoisotopic (exact) mass is 504 g/mol. The summed E-state index contributed by atoms with van der Waals surface area (Å²) >= 11 is 0. The minimum atomic E-state index is -1.17. The predicted molar refractivity (Wildman–Crippen MR) is 140 cm³/mol. The predicted octanol–water partition coefficient (Wildman–Crippen LogP) is 3.58. The van der Waals surface area contributed by atoms with Gasteiger partial charge < -0.3 is 25.2 Å². The number of anilines is 1. The molecule has 194 valence electrons. The van der Waals surface area contributed by atoms with Crippen LogP contribution in [0.15, 0.2) is 48.5 Å². The van der Waals surface area contributed by atoms with Crippen LogP contribution in [0, 0.1) is 12.8 Å². The number of carboxylic acids is 1. The summed E-state index contributed by atoms with van der Waals surface area (Å²) in [5, 5.41) is 21.2. The van der Waals surface area contributed by atoms with E-state index in [0.717, 1.165) is 31.5 Å². The van der Waals surface area contributed by atoms with E-state index >= 15 is 0 Å². The molecule has 0 aliphatic carbocycles. The molecular weight excluding hydrogens is 472 g/mol. The quantitative estimate of drug-likeness (QED) is 0.404. The topological polar surface area (TPSA) is 125 Å². The molecule has 0 atom stereocenters. The molecule has 4 rings (SSSR count). The number of carbonyl (C=O) groups is 2.